The van der Waals surface area contributed by atoms with Crippen LogP contribution in [0.3, 0.4) is 0 Å². The summed E-state index contributed by atoms with van der Waals surface area (Å²) in [5.74, 6) is 0. The predicted molar refractivity (Wildman–Crippen MR) is 78.3 cm³/mol. The minimum absolute atomic E-state index is 0.0385. The number of imidazole rings is 1. The maximum absolute atomic E-state index is 6.11. The summed E-state index contributed by atoms with van der Waals surface area (Å²) in [7, 11) is 0. The molecule has 0 aliphatic carbocycles. The highest BCUT2D eigenvalue weighted by atomic mass is 32.2. The van der Waals surface area contributed by atoms with Gasteiger partial charge in [-0.15, -0.1) is 11.3 Å². The first-order valence-electron chi connectivity index (χ1n) is 5.85. The van der Waals surface area contributed by atoms with Gasteiger partial charge in [-0.3, -0.25) is 0 Å². The smallest absolute Gasteiger partial charge is 0.181 e. The molecule has 0 bridgehead atoms. The Morgan fingerprint density at radius 3 is 3.00 bits per heavy atom. The molecule has 0 aromatic carbocycles. The fourth-order valence-electron chi connectivity index (χ4n) is 1.83. The Morgan fingerprint density at radius 1 is 1.37 bits per heavy atom. The fraction of sp³-hybridized carbons (Fsp3) is 0.250. The zero-order valence-corrected chi connectivity index (χ0v) is 11.9. The molecule has 0 radical (unpaired) electrons. The van der Waals surface area contributed by atoms with Crippen molar-refractivity contribution in [3.63, 3.8) is 0 Å². The topological polar surface area (TPSA) is 80.5 Å². The third-order valence-electron chi connectivity index (χ3n) is 2.73. The second-order valence-corrected chi connectivity index (χ2v) is 6.30. The van der Waals surface area contributed by atoms with Crippen LogP contribution in [0.1, 0.15) is 17.1 Å². The van der Waals surface area contributed by atoms with Gasteiger partial charge < -0.3 is 10.7 Å². The van der Waals surface area contributed by atoms with Gasteiger partial charge >= 0.3 is 0 Å². The lowest BCUT2D eigenvalue weighted by Gasteiger charge is -2.18. The van der Waals surface area contributed by atoms with Crippen LogP contribution in [0.2, 0.25) is 0 Å². The predicted octanol–water partition coefficient (Wildman–Crippen LogP) is 2.60. The monoisotopic (exact) mass is 291 g/mol. The van der Waals surface area contributed by atoms with Gasteiger partial charge in [0.1, 0.15) is 16.9 Å². The summed E-state index contributed by atoms with van der Waals surface area (Å²) in [5, 5.41) is 3.14. The number of aromatic amines is 1. The summed E-state index contributed by atoms with van der Waals surface area (Å²) in [6, 6.07) is 4.19. The van der Waals surface area contributed by atoms with Crippen molar-refractivity contribution in [3.05, 3.63) is 35.0 Å². The standard InChI is InChI=1S/C12H13N5S2/c1-7(13)10(8-3-2-4-18-8)19-12-9-11(15-5-14-9)16-6-17-12/h2-7,10H,13H2,1H3,(H,14,15,16,17). The van der Waals surface area contributed by atoms with Gasteiger partial charge in [-0.2, -0.15) is 0 Å². The molecule has 3 N–H and O–H groups in total. The molecular formula is C12H13N5S2. The van der Waals surface area contributed by atoms with E-state index in [2.05, 4.69) is 31.4 Å². The van der Waals surface area contributed by atoms with E-state index in [1.165, 1.54) is 11.2 Å². The van der Waals surface area contributed by atoms with E-state index in [-0.39, 0.29) is 11.3 Å². The Kier molecular flexibility index (Phi) is 3.50. The van der Waals surface area contributed by atoms with Crippen LogP contribution in [-0.2, 0) is 0 Å². The van der Waals surface area contributed by atoms with Crippen LogP contribution in [0, 0.1) is 0 Å². The van der Waals surface area contributed by atoms with Crippen molar-refractivity contribution in [1.82, 2.24) is 19.9 Å². The van der Waals surface area contributed by atoms with Crippen molar-refractivity contribution < 1.29 is 0 Å². The Balaban J connectivity index is 1.96. The lowest BCUT2D eigenvalue weighted by Crippen LogP contribution is -2.22. The van der Waals surface area contributed by atoms with Crippen molar-refractivity contribution in [1.29, 1.82) is 0 Å². The number of hydrogen-bond acceptors (Lipinski definition) is 6. The van der Waals surface area contributed by atoms with Crippen molar-refractivity contribution in [2.24, 2.45) is 5.73 Å². The highest BCUT2D eigenvalue weighted by molar-refractivity contribution is 7.99. The number of nitrogens with one attached hydrogen (secondary N) is 1. The zero-order valence-electron chi connectivity index (χ0n) is 10.3. The lowest BCUT2D eigenvalue weighted by atomic mass is 10.2. The Labute approximate surface area is 118 Å². The van der Waals surface area contributed by atoms with Crippen LogP contribution in [-0.4, -0.2) is 26.0 Å². The minimum atomic E-state index is 0.0385. The van der Waals surface area contributed by atoms with Crippen LogP contribution in [0.15, 0.2) is 35.2 Å². The van der Waals surface area contributed by atoms with E-state index in [0.717, 1.165) is 10.5 Å². The van der Waals surface area contributed by atoms with E-state index >= 15 is 0 Å². The van der Waals surface area contributed by atoms with Crippen LogP contribution >= 0.6 is 23.1 Å². The van der Waals surface area contributed by atoms with E-state index in [9.17, 15) is 0 Å². The molecule has 5 nitrogen and oxygen atoms in total. The number of fused-ring (bicyclic) bond motifs is 1. The van der Waals surface area contributed by atoms with E-state index in [1.54, 1.807) is 29.4 Å². The average Bonchev–Trinajstić information content (AvgIpc) is 3.06. The summed E-state index contributed by atoms with van der Waals surface area (Å²) in [5.41, 5.74) is 7.67. The summed E-state index contributed by atoms with van der Waals surface area (Å²) in [4.78, 5) is 16.9. The molecule has 0 aliphatic rings. The minimum Gasteiger partial charge on any atom is -0.341 e. The first kappa shape index (κ1) is 12.6. The molecule has 19 heavy (non-hydrogen) atoms. The van der Waals surface area contributed by atoms with Gasteiger partial charge in [-0.05, 0) is 18.4 Å². The Hall–Kier alpha value is -1.44. The molecule has 3 aromatic rings. The summed E-state index contributed by atoms with van der Waals surface area (Å²) in [6.45, 7) is 2.02. The molecule has 0 fully saturated rings. The van der Waals surface area contributed by atoms with Gasteiger partial charge in [0.05, 0.1) is 11.6 Å². The second-order valence-electron chi connectivity index (χ2n) is 4.19. The molecule has 98 valence electrons. The van der Waals surface area contributed by atoms with E-state index in [1.807, 2.05) is 13.0 Å². The van der Waals surface area contributed by atoms with Crippen molar-refractivity contribution in [3.8, 4) is 0 Å². The van der Waals surface area contributed by atoms with Crippen molar-refractivity contribution in [2.45, 2.75) is 23.2 Å². The molecule has 3 heterocycles. The maximum Gasteiger partial charge on any atom is 0.181 e. The molecular weight excluding hydrogens is 278 g/mol. The average molecular weight is 291 g/mol. The number of nitrogens with zero attached hydrogens (tertiary/aromatic N) is 3. The first-order chi connectivity index (χ1) is 9.25. The molecule has 0 aliphatic heterocycles. The van der Waals surface area contributed by atoms with Crippen LogP contribution in [0.4, 0.5) is 0 Å². The molecule has 0 saturated heterocycles. The van der Waals surface area contributed by atoms with Gasteiger partial charge in [0, 0.05) is 10.9 Å². The highest BCUT2D eigenvalue weighted by Gasteiger charge is 2.21. The summed E-state index contributed by atoms with van der Waals surface area (Å²) >= 11 is 3.37. The largest absolute Gasteiger partial charge is 0.341 e. The van der Waals surface area contributed by atoms with Crippen LogP contribution in [0.25, 0.3) is 11.2 Å². The number of thiophene rings is 1. The van der Waals surface area contributed by atoms with Gasteiger partial charge in [0.2, 0.25) is 0 Å². The maximum atomic E-state index is 6.11. The quantitative estimate of drug-likeness (QED) is 0.570. The highest BCUT2D eigenvalue weighted by Crippen LogP contribution is 2.39. The molecule has 3 aromatic heterocycles. The summed E-state index contributed by atoms with van der Waals surface area (Å²) in [6.07, 6.45) is 3.17. The number of nitrogens with two attached hydrogens (primary N) is 1. The SMILES string of the molecule is CC(N)C(Sc1ncnc2nc[nH]c12)c1cccs1. The van der Waals surface area contributed by atoms with E-state index in [0.29, 0.717) is 5.65 Å². The fourth-order valence-corrected chi connectivity index (χ4v) is 3.99. The molecule has 0 saturated carbocycles. The second kappa shape index (κ2) is 5.28. The normalized spacial score (nSPS) is 14.6. The molecule has 2 atom stereocenters. The first-order valence-corrected chi connectivity index (χ1v) is 7.61. The third-order valence-corrected chi connectivity index (χ3v) is 5.30. The van der Waals surface area contributed by atoms with Crippen molar-refractivity contribution in [2.75, 3.05) is 0 Å². The molecule has 2 unspecified atom stereocenters. The van der Waals surface area contributed by atoms with Crippen LogP contribution in [0.5, 0.6) is 0 Å². The van der Waals surface area contributed by atoms with E-state index < -0.39 is 0 Å². The van der Waals surface area contributed by atoms with Gasteiger partial charge in [0.15, 0.2) is 5.65 Å². The Morgan fingerprint density at radius 2 is 2.26 bits per heavy atom. The van der Waals surface area contributed by atoms with Crippen LogP contribution < -0.4 is 5.73 Å². The molecule has 0 amide bonds. The molecule has 0 spiro atoms. The number of rotatable bonds is 4. The van der Waals surface area contributed by atoms with Gasteiger partial charge in [0.25, 0.3) is 0 Å². The van der Waals surface area contributed by atoms with Crippen molar-refractivity contribution >= 4 is 34.3 Å². The summed E-state index contributed by atoms with van der Waals surface area (Å²) < 4.78 is 0. The lowest BCUT2D eigenvalue weighted by molar-refractivity contribution is 0.729. The number of hydrogen-bond donors (Lipinski definition) is 2. The Bertz CT molecular complexity index is 662. The van der Waals surface area contributed by atoms with E-state index in [4.69, 9.17) is 5.73 Å². The van der Waals surface area contributed by atoms with Gasteiger partial charge in [-0.25, -0.2) is 15.0 Å². The zero-order chi connectivity index (χ0) is 13.2. The van der Waals surface area contributed by atoms with Gasteiger partial charge in [-0.1, -0.05) is 17.8 Å². The third kappa shape index (κ3) is 2.49. The number of aromatic nitrogens is 4. The molecule has 3 rings (SSSR count). The number of H-pyrrole nitrogens is 1. The molecule has 7 heteroatoms. The number of thioether (sulfide) groups is 1.